The van der Waals surface area contributed by atoms with Crippen LogP contribution < -0.4 is 15.4 Å². The minimum atomic E-state index is -0.467. The molecule has 5 rings (SSSR count). The number of nitrogens with one attached hydrogen (secondary N) is 2. The van der Waals surface area contributed by atoms with Crippen molar-refractivity contribution in [1.29, 1.82) is 0 Å². The van der Waals surface area contributed by atoms with Crippen molar-refractivity contribution in [2.75, 3.05) is 31.3 Å². The summed E-state index contributed by atoms with van der Waals surface area (Å²) in [6.07, 6.45) is 0.462. The number of furan rings is 1. The Kier molecular flexibility index (Phi) is 12.1. The SMILES string of the molecule is CC(C)(C)COc1ccc(C(Cc2ccc(C(=O)NCCS)cc2)C(=O)Nc2ccc(-c3cc4ccccc4o3)cc2)cc1.CO. The fraction of sp³-hybridized carbons (Fsp3) is 0.263. The number of aliphatic hydroxyl groups is 1. The van der Waals surface area contributed by atoms with Crippen LogP contribution in [0.5, 0.6) is 5.75 Å². The van der Waals surface area contributed by atoms with E-state index in [-0.39, 0.29) is 17.2 Å². The summed E-state index contributed by atoms with van der Waals surface area (Å²) >= 11 is 4.15. The average molecular weight is 639 g/mol. The van der Waals surface area contributed by atoms with Gasteiger partial charge < -0.3 is 24.9 Å². The number of hydrogen-bond acceptors (Lipinski definition) is 6. The number of anilines is 1. The van der Waals surface area contributed by atoms with Crippen LogP contribution in [0.2, 0.25) is 0 Å². The largest absolute Gasteiger partial charge is 0.493 e. The van der Waals surface area contributed by atoms with Crippen LogP contribution in [0.25, 0.3) is 22.3 Å². The third kappa shape index (κ3) is 9.49. The van der Waals surface area contributed by atoms with Crippen LogP contribution in [0.4, 0.5) is 5.69 Å². The molecular formula is C38H42N2O5S. The van der Waals surface area contributed by atoms with Gasteiger partial charge in [-0.3, -0.25) is 9.59 Å². The highest BCUT2D eigenvalue weighted by molar-refractivity contribution is 7.80. The second kappa shape index (κ2) is 16.2. The molecule has 1 aromatic heterocycles. The lowest BCUT2D eigenvalue weighted by atomic mass is 9.90. The molecule has 0 fully saturated rings. The molecule has 2 amide bonds. The van der Waals surface area contributed by atoms with Gasteiger partial charge in [0.2, 0.25) is 5.91 Å². The summed E-state index contributed by atoms with van der Waals surface area (Å²) in [6, 6.07) is 32.7. The van der Waals surface area contributed by atoms with Crippen molar-refractivity contribution in [3.8, 4) is 17.1 Å². The lowest BCUT2D eigenvalue weighted by Crippen LogP contribution is -2.25. The molecule has 4 aromatic carbocycles. The molecule has 0 saturated carbocycles. The zero-order valence-electron chi connectivity index (χ0n) is 26.7. The van der Waals surface area contributed by atoms with Crippen molar-refractivity contribution in [2.45, 2.75) is 33.1 Å². The van der Waals surface area contributed by atoms with Crippen LogP contribution in [0, 0.1) is 5.41 Å². The van der Waals surface area contributed by atoms with E-state index in [1.165, 1.54) is 0 Å². The Morgan fingerprint density at radius 2 is 1.57 bits per heavy atom. The normalized spacial score (nSPS) is 11.7. The van der Waals surface area contributed by atoms with Gasteiger partial charge in [0.15, 0.2) is 0 Å². The fourth-order valence-corrected chi connectivity index (χ4v) is 4.94. The second-order valence-corrected chi connectivity index (χ2v) is 12.5. The van der Waals surface area contributed by atoms with Gasteiger partial charge in [0.05, 0.1) is 12.5 Å². The monoisotopic (exact) mass is 638 g/mol. The van der Waals surface area contributed by atoms with Crippen LogP contribution in [0.15, 0.2) is 108 Å². The van der Waals surface area contributed by atoms with E-state index in [4.69, 9.17) is 14.3 Å². The van der Waals surface area contributed by atoms with Crippen molar-refractivity contribution < 1.29 is 23.8 Å². The summed E-state index contributed by atoms with van der Waals surface area (Å²) in [7, 11) is 1.00. The first-order chi connectivity index (χ1) is 22.2. The Labute approximate surface area is 276 Å². The average Bonchev–Trinajstić information content (AvgIpc) is 3.51. The van der Waals surface area contributed by atoms with Gasteiger partial charge in [-0.1, -0.05) is 63.2 Å². The summed E-state index contributed by atoms with van der Waals surface area (Å²) in [5, 5.41) is 14.0. The van der Waals surface area contributed by atoms with E-state index in [2.05, 4.69) is 44.0 Å². The molecular weight excluding hydrogens is 596 g/mol. The van der Waals surface area contributed by atoms with Gasteiger partial charge in [-0.25, -0.2) is 0 Å². The predicted molar refractivity (Wildman–Crippen MR) is 189 cm³/mol. The number of rotatable bonds is 11. The number of carbonyl (C=O) groups excluding carboxylic acids is 2. The minimum absolute atomic E-state index is 0.0385. The van der Waals surface area contributed by atoms with E-state index in [9.17, 15) is 9.59 Å². The van der Waals surface area contributed by atoms with E-state index in [1.54, 1.807) is 12.1 Å². The van der Waals surface area contributed by atoms with Crippen LogP contribution in [0.3, 0.4) is 0 Å². The van der Waals surface area contributed by atoms with Crippen LogP contribution in [0.1, 0.15) is 48.2 Å². The van der Waals surface area contributed by atoms with Crippen molar-refractivity contribution in [2.24, 2.45) is 5.41 Å². The van der Waals surface area contributed by atoms with E-state index in [1.807, 2.05) is 91.0 Å². The van der Waals surface area contributed by atoms with Crippen molar-refractivity contribution in [3.05, 3.63) is 120 Å². The summed E-state index contributed by atoms with van der Waals surface area (Å²) in [5.74, 6) is 1.38. The second-order valence-electron chi connectivity index (χ2n) is 12.1. The number of para-hydroxylation sites is 1. The molecule has 5 aromatic rings. The van der Waals surface area contributed by atoms with Crippen molar-refractivity contribution >= 4 is 41.1 Å². The Bertz CT molecular complexity index is 1670. The molecule has 1 heterocycles. The van der Waals surface area contributed by atoms with Crippen LogP contribution >= 0.6 is 12.6 Å². The summed E-state index contributed by atoms with van der Waals surface area (Å²) in [4.78, 5) is 26.1. The lowest BCUT2D eigenvalue weighted by Gasteiger charge is -2.20. The maximum Gasteiger partial charge on any atom is 0.251 e. The highest BCUT2D eigenvalue weighted by atomic mass is 32.1. The predicted octanol–water partition coefficient (Wildman–Crippen LogP) is 7.76. The quantitative estimate of drug-likeness (QED) is 0.111. The maximum atomic E-state index is 13.8. The maximum absolute atomic E-state index is 13.8. The molecule has 0 bridgehead atoms. The Balaban J connectivity index is 0.00000235. The molecule has 0 aliphatic carbocycles. The first-order valence-electron chi connectivity index (χ1n) is 15.2. The van der Waals surface area contributed by atoms with E-state index in [0.717, 1.165) is 46.3 Å². The van der Waals surface area contributed by atoms with Crippen molar-refractivity contribution in [3.63, 3.8) is 0 Å². The van der Waals surface area contributed by atoms with Crippen molar-refractivity contribution in [1.82, 2.24) is 5.32 Å². The summed E-state index contributed by atoms with van der Waals surface area (Å²) in [5.41, 5.74) is 4.90. The topological polar surface area (TPSA) is 101 Å². The molecule has 0 radical (unpaired) electrons. The number of amides is 2. The van der Waals surface area contributed by atoms with E-state index in [0.29, 0.717) is 36.6 Å². The molecule has 1 atom stereocenters. The van der Waals surface area contributed by atoms with Gasteiger partial charge in [-0.2, -0.15) is 12.6 Å². The van der Waals surface area contributed by atoms with Gasteiger partial charge in [-0.05, 0) is 83.6 Å². The number of benzene rings is 4. The first kappa shape index (κ1) is 34.3. The molecule has 0 aliphatic rings. The Hall–Kier alpha value is -4.53. The fourth-order valence-electron chi connectivity index (χ4n) is 4.83. The van der Waals surface area contributed by atoms with Crippen LogP contribution in [-0.2, 0) is 11.2 Å². The van der Waals surface area contributed by atoms with E-state index >= 15 is 0 Å². The van der Waals surface area contributed by atoms with Crippen LogP contribution in [-0.4, -0.2) is 42.9 Å². The Morgan fingerprint density at radius 3 is 2.20 bits per heavy atom. The zero-order chi connectivity index (χ0) is 33.1. The Morgan fingerprint density at radius 1 is 0.891 bits per heavy atom. The third-order valence-electron chi connectivity index (χ3n) is 7.19. The third-order valence-corrected chi connectivity index (χ3v) is 7.41. The molecule has 46 heavy (non-hydrogen) atoms. The van der Waals surface area contributed by atoms with Gasteiger partial charge in [0.25, 0.3) is 5.91 Å². The van der Waals surface area contributed by atoms with Gasteiger partial charge in [0.1, 0.15) is 17.1 Å². The molecule has 8 heteroatoms. The highest BCUT2D eigenvalue weighted by Gasteiger charge is 2.22. The van der Waals surface area contributed by atoms with Gasteiger partial charge >= 0.3 is 0 Å². The molecule has 0 spiro atoms. The van der Waals surface area contributed by atoms with Gasteiger partial charge in [-0.15, -0.1) is 0 Å². The summed E-state index contributed by atoms with van der Waals surface area (Å²) < 4.78 is 12.0. The number of hydrogen-bond donors (Lipinski definition) is 4. The lowest BCUT2D eigenvalue weighted by molar-refractivity contribution is -0.117. The standard InChI is InChI=1S/C37H38N2O4S.CH4O/c1-37(2,3)24-42-31-18-14-26(15-19-31)32(22-25-8-10-28(11-9-25)35(40)38-20-21-44)36(41)39-30-16-12-27(13-17-30)34-23-29-6-4-5-7-33(29)43-34;1-2/h4-19,23,32,44H,20-22,24H2,1-3H3,(H,38,40)(H,39,41);2H,1H3. The molecule has 3 N–H and O–H groups in total. The molecule has 240 valence electrons. The smallest absolute Gasteiger partial charge is 0.251 e. The minimum Gasteiger partial charge on any atom is -0.493 e. The molecule has 7 nitrogen and oxygen atoms in total. The molecule has 1 unspecified atom stereocenters. The summed E-state index contributed by atoms with van der Waals surface area (Å²) in [6.45, 7) is 7.47. The first-order valence-corrected chi connectivity index (χ1v) is 15.9. The van der Waals surface area contributed by atoms with E-state index < -0.39 is 5.92 Å². The number of aliphatic hydroxyl groups excluding tert-OH is 1. The molecule has 0 aliphatic heterocycles. The number of carbonyl (C=O) groups is 2. The number of ether oxygens (including phenoxy) is 1. The highest BCUT2D eigenvalue weighted by Crippen LogP contribution is 2.30. The zero-order valence-corrected chi connectivity index (χ0v) is 27.6. The number of fused-ring (bicyclic) bond motifs is 1. The van der Waals surface area contributed by atoms with Gasteiger partial charge in [0, 0.05) is 41.6 Å². The molecule has 0 saturated heterocycles. The number of thiol groups is 1.